The van der Waals surface area contributed by atoms with E-state index < -0.39 is 0 Å². The van der Waals surface area contributed by atoms with E-state index in [2.05, 4.69) is 22.2 Å². The molecule has 19 heavy (non-hydrogen) atoms. The topological polar surface area (TPSA) is 71.1 Å². The summed E-state index contributed by atoms with van der Waals surface area (Å²) in [5, 5.41) is 11.7. The third kappa shape index (κ3) is 4.13. The van der Waals surface area contributed by atoms with Crippen LogP contribution in [-0.2, 0) is 4.74 Å². The summed E-state index contributed by atoms with van der Waals surface area (Å²) >= 11 is 0. The minimum atomic E-state index is 0.267. The van der Waals surface area contributed by atoms with Crippen molar-refractivity contribution in [2.45, 2.75) is 12.8 Å². The van der Waals surface area contributed by atoms with Crippen LogP contribution >= 0.6 is 0 Å². The Balaban J connectivity index is 1.99. The van der Waals surface area contributed by atoms with Crippen LogP contribution in [0, 0.1) is 5.92 Å². The Labute approximate surface area is 113 Å². The van der Waals surface area contributed by atoms with Crippen molar-refractivity contribution in [2.75, 3.05) is 31.2 Å². The summed E-state index contributed by atoms with van der Waals surface area (Å²) in [6.45, 7) is 3.37. The van der Waals surface area contributed by atoms with Crippen LogP contribution in [0.4, 0.5) is 5.69 Å². The van der Waals surface area contributed by atoms with Gasteiger partial charge < -0.3 is 20.6 Å². The molecule has 0 amide bonds. The lowest BCUT2D eigenvalue weighted by Gasteiger charge is -2.27. The molecule has 1 aliphatic heterocycles. The first kappa shape index (κ1) is 13.7. The van der Waals surface area contributed by atoms with E-state index in [0.717, 1.165) is 32.7 Å². The minimum Gasteiger partial charge on any atom is -0.409 e. The fourth-order valence-electron chi connectivity index (χ4n) is 2.30. The molecule has 0 radical (unpaired) electrons. The Morgan fingerprint density at radius 1 is 1.42 bits per heavy atom. The average molecular weight is 263 g/mol. The zero-order valence-corrected chi connectivity index (χ0v) is 11.0. The number of nitrogens with zero attached hydrogens (tertiary/aromatic N) is 2. The lowest BCUT2D eigenvalue weighted by atomic mass is 10.1. The molecule has 1 aromatic carbocycles. The highest BCUT2D eigenvalue weighted by Crippen LogP contribution is 2.20. The van der Waals surface area contributed by atoms with Crippen LogP contribution < -0.4 is 10.6 Å². The molecule has 1 atom stereocenters. The molecule has 3 N–H and O–H groups in total. The number of rotatable bonds is 6. The molecule has 0 aromatic heterocycles. The third-order valence-electron chi connectivity index (χ3n) is 3.39. The maximum atomic E-state index is 8.63. The van der Waals surface area contributed by atoms with Crippen molar-refractivity contribution < 1.29 is 9.94 Å². The first-order chi connectivity index (χ1) is 9.29. The van der Waals surface area contributed by atoms with Crippen molar-refractivity contribution in [2.24, 2.45) is 16.8 Å². The second kappa shape index (κ2) is 6.99. The number of hydrogen-bond acceptors (Lipinski definition) is 4. The van der Waals surface area contributed by atoms with Gasteiger partial charge in [-0.05, 0) is 18.6 Å². The van der Waals surface area contributed by atoms with Crippen molar-refractivity contribution in [1.29, 1.82) is 0 Å². The molecule has 0 bridgehead atoms. The molecule has 1 unspecified atom stereocenters. The van der Waals surface area contributed by atoms with Gasteiger partial charge in [0.15, 0.2) is 0 Å². The molecule has 0 saturated carbocycles. The number of anilines is 1. The van der Waals surface area contributed by atoms with Gasteiger partial charge in [0.2, 0.25) is 0 Å². The molecule has 1 aliphatic rings. The molecular formula is C14H21N3O2. The first-order valence-electron chi connectivity index (χ1n) is 6.63. The number of nitrogens with two attached hydrogens (primary N) is 1. The Morgan fingerprint density at radius 2 is 2.21 bits per heavy atom. The smallest absolute Gasteiger partial charge is 0.140 e. The molecule has 0 spiro atoms. The van der Waals surface area contributed by atoms with Crippen LogP contribution in [0.25, 0.3) is 0 Å². The lowest BCUT2D eigenvalue weighted by molar-refractivity contribution is 0.186. The fourth-order valence-corrected chi connectivity index (χ4v) is 2.30. The summed E-state index contributed by atoms with van der Waals surface area (Å²) in [7, 11) is 0. The van der Waals surface area contributed by atoms with Crippen LogP contribution in [0.15, 0.2) is 35.5 Å². The van der Waals surface area contributed by atoms with Gasteiger partial charge in [0, 0.05) is 37.7 Å². The van der Waals surface area contributed by atoms with E-state index in [-0.39, 0.29) is 5.84 Å². The fraction of sp³-hybridized carbons (Fsp3) is 0.500. The average Bonchev–Trinajstić information content (AvgIpc) is 2.97. The van der Waals surface area contributed by atoms with Crippen molar-refractivity contribution in [3.8, 4) is 0 Å². The maximum absolute atomic E-state index is 8.63. The van der Waals surface area contributed by atoms with E-state index >= 15 is 0 Å². The van der Waals surface area contributed by atoms with E-state index in [1.807, 2.05) is 18.2 Å². The van der Waals surface area contributed by atoms with Crippen LogP contribution in [0.2, 0.25) is 0 Å². The number of benzene rings is 1. The van der Waals surface area contributed by atoms with Crippen LogP contribution in [0.3, 0.4) is 0 Å². The summed E-state index contributed by atoms with van der Waals surface area (Å²) in [6, 6.07) is 10.2. The largest absolute Gasteiger partial charge is 0.409 e. The molecule has 1 heterocycles. The first-order valence-corrected chi connectivity index (χ1v) is 6.63. The van der Waals surface area contributed by atoms with E-state index in [4.69, 9.17) is 15.7 Å². The van der Waals surface area contributed by atoms with Crippen molar-refractivity contribution in [1.82, 2.24) is 0 Å². The summed E-state index contributed by atoms with van der Waals surface area (Å²) in [5.74, 6) is 0.830. The predicted molar refractivity (Wildman–Crippen MR) is 75.6 cm³/mol. The molecule has 0 aliphatic carbocycles. The Morgan fingerprint density at radius 3 is 2.84 bits per heavy atom. The number of amidine groups is 1. The number of ether oxygens (including phenoxy) is 1. The van der Waals surface area contributed by atoms with Gasteiger partial charge in [-0.2, -0.15) is 0 Å². The molecule has 1 aromatic rings. The van der Waals surface area contributed by atoms with E-state index in [1.54, 1.807) is 0 Å². The van der Waals surface area contributed by atoms with Crippen molar-refractivity contribution >= 4 is 11.5 Å². The molecule has 5 nitrogen and oxygen atoms in total. The highest BCUT2D eigenvalue weighted by atomic mass is 16.5. The van der Waals surface area contributed by atoms with Crippen LogP contribution in [0.5, 0.6) is 0 Å². The van der Waals surface area contributed by atoms with Gasteiger partial charge in [-0.15, -0.1) is 0 Å². The van der Waals surface area contributed by atoms with Gasteiger partial charge in [-0.3, -0.25) is 0 Å². The second-order valence-corrected chi connectivity index (χ2v) is 4.85. The quantitative estimate of drug-likeness (QED) is 0.354. The van der Waals surface area contributed by atoms with Crippen molar-refractivity contribution in [3.63, 3.8) is 0 Å². The summed E-state index contributed by atoms with van der Waals surface area (Å²) in [5.41, 5.74) is 6.72. The molecule has 5 heteroatoms. The van der Waals surface area contributed by atoms with Gasteiger partial charge in [0.05, 0.1) is 6.61 Å². The number of hydrogen-bond donors (Lipinski definition) is 2. The highest BCUT2D eigenvalue weighted by molar-refractivity contribution is 5.80. The van der Waals surface area contributed by atoms with Gasteiger partial charge >= 0.3 is 0 Å². The summed E-state index contributed by atoms with van der Waals surface area (Å²) in [4.78, 5) is 2.28. The standard InChI is InChI=1S/C14H21N3O2/c15-14(16-18)6-8-17(10-12-7-9-19-11-12)13-4-2-1-3-5-13/h1-5,12,18H,6-11H2,(H2,15,16). The monoisotopic (exact) mass is 263 g/mol. The molecule has 1 fully saturated rings. The predicted octanol–water partition coefficient (Wildman–Crippen LogP) is 1.67. The third-order valence-corrected chi connectivity index (χ3v) is 3.39. The SMILES string of the molecule is N/C(CCN(CC1CCOC1)c1ccccc1)=N/O. The van der Waals surface area contributed by atoms with Gasteiger partial charge in [-0.1, -0.05) is 23.4 Å². The zero-order valence-electron chi connectivity index (χ0n) is 11.0. The maximum Gasteiger partial charge on any atom is 0.140 e. The van der Waals surface area contributed by atoms with Crippen LogP contribution in [0.1, 0.15) is 12.8 Å². The lowest BCUT2D eigenvalue weighted by Crippen LogP contribution is -2.33. The van der Waals surface area contributed by atoms with Crippen molar-refractivity contribution in [3.05, 3.63) is 30.3 Å². The van der Waals surface area contributed by atoms with Gasteiger partial charge in [0.1, 0.15) is 5.84 Å². The summed E-state index contributed by atoms with van der Waals surface area (Å²) in [6.07, 6.45) is 1.66. The minimum absolute atomic E-state index is 0.267. The molecule has 104 valence electrons. The van der Waals surface area contributed by atoms with E-state index in [0.29, 0.717) is 12.3 Å². The Hall–Kier alpha value is -1.75. The van der Waals surface area contributed by atoms with E-state index in [9.17, 15) is 0 Å². The molecule has 1 saturated heterocycles. The zero-order chi connectivity index (χ0) is 13.5. The van der Waals surface area contributed by atoms with Crippen LogP contribution in [-0.4, -0.2) is 37.3 Å². The highest BCUT2D eigenvalue weighted by Gasteiger charge is 2.19. The van der Waals surface area contributed by atoms with E-state index in [1.165, 1.54) is 5.69 Å². The number of para-hydroxylation sites is 1. The molecule has 2 rings (SSSR count). The normalized spacial score (nSPS) is 19.6. The van der Waals surface area contributed by atoms with Gasteiger partial charge in [0.25, 0.3) is 0 Å². The Kier molecular flexibility index (Phi) is 5.03. The Bertz CT molecular complexity index is 402. The summed E-state index contributed by atoms with van der Waals surface area (Å²) < 4.78 is 5.43. The van der Waals surface area contributed by atoms with Gasteiger partial charge in [-0.25, -0.2) is 0 Å². The molecular weight excluding hydrogens is 242 g/mol. The second-order valence-electron chi connectivity index (χ2n) is 4.85. The number of oxime groups is 1.